The van der Waals surface area contributed by atoms with Crippen LogP contribution in [0.25, 0.3) is 5.57 Å². The van der Waals surface area contributed by atoms with Gasteiger partial charge in [0.1, 0.15) is 0 Å². The summed E-state index contributed by atoms with van der Waals surface area (Å²) in [5, 5.41) is 3.38. The highest BCUT2D eigenvalue weighted by Gasteiger charge is 2.04. The molecule has 222 valence electrons. The number of anilines is 2. The molecule has 0 aliphatic rings. The van der Waals surface area contributed by atoms with Crippen LogP contribution in [-0.2, 0) is 19.4 Å². The third kappa shape index (κ3) is 12.7. The fourth-order valence-electron chi connectivity index (χ4n) is 3.88. The van der Waals surface area contributed by atoms with E-state index in [-0.39, 0.29) is 0 Å². The molecule has 0 saturated carbocycles. The summed E-state index contributed by atoms with van der Waals surface area (Å²) in [5.74, 6) is 1.45. The van der Waals surface area contributed by atoms with Gasteiger partial charge in [-0.2, -0.15) is 0 Å². The highest BCUT2D eigenvalue weighted by molar-refractivity contribution is 5.61. The van der Waals surface area contributed by atoms with E-state index in [0.717, 1.165) is 47.8 Å². The topological polar surface area (TPSA) is 56.5 Å². The molecule has 0 saturated heterocycles. The molecular weight excluding hydrogens is 516 g/mol. The number of ether oxygens (including phenoxy) is 2. The van der Waals surface area contributed by atoms with Crippen LogP contribution in [0.5, 0.6) is 11.5 Å². The average Bonchev–Trinajstić information content (AvgIpc) is 3.03. The molecule has 4 rings (SSSR count). The summed E-state index contributed by atoms with van der Waals surface area (Å²) in [6, 6.07) is 31.1. The summed E-state index contributed by atoms with van der Waals surface area (Å²) < 4.78 is 10.5. The summed E-state index contributed by atoms with van der Waals surface area (Å²) in [6.07, 6.45) is 11.4. The van der Waals surface area contributed by atoms with E-state index in [1.807, 2.05) is 31.2 Å². The number of nitrogens with one attached hydrogen (secondary N) is 1. The molecule has 0 fully saturated rings. The van der Waals surface area contributed by atoms with Crippen LogP contribution in [0, 0.1) is 19.8 Å². The zero-order valence-corrected chi connectivity index (χ0v) is 26.2. The Kier molecular flexibility index (Phi) is 17.1. The molecule has 3 N–H and O–H groups in total. The maximum Gasteiger partial charge on any atom is 0.162 e. The van der Waals surface area contributed by atoms with Crippen molar-refractivity contribution in [3.8, 4) is 24.3 Å². The minimum absolute atomic E-state index is 0.722. The number of benzene rings is 4. The molecule has 0 aliphatic carbocycles. The molecule has 0 amide bonds. The van der Waals surface area contributed by atoms with Crippen molar-refractivity contribution in [2.24, 2.45) is 0 Å². The smallest absolute Gasteiger partial charge is 0.162 e. The van der Waals surface area contributed by atoms with Crippen LogP contribution < -0.4 is 20.5 Å². The molecule has 4 aromatic carbocycles. The maximum atomic E-state index is 5.80. The summed E-state index contributed by atoms with van der Waals surface area (Å²) in [4.78, 5) is 0. The number of nitrogen functional groups attached to an aromatic ring is 1. The van der Waals surface area contributed by atoms with Gasteiger partial charge in [-0.25, -0.2) is 0 Å². The van der Waals surface area contributed by atoms with E-state index in [2.05, 4.69) is 112 Å². The zero-order chi connectivity index (χ0) is 31.3. The third-order valence-corrected chi connectivity index (χ3v) is 6.21. The Balaban J connectivity index is 0.000000373. The van der Waals surface area contributed by atoms with Crippen molar-refractivity contribution < 1.29 is 9.47 Å². The van der Waals surface area contributed by atoms with E-state index in [0.29, 0.717) is 0 Å². The predicted octanol–water partition coefficient (Wildman–Crippen LogP) is 9.38. The van der Waals surface area contributed by atoms with Gasteiger partial charge in [0, 0.05) is 24.0 Å². The first kappa shape index (κ1) is 35.4. The SMILES string of the molecule is C#C.C=C(C)c1ccc(CNc2ccc(OC)c(OC)c2)cc1.CCC.Cc1cc(CCc2ccccc2)ccc1N. The summed E-state index contributed by atoms with van der Waals surface area (Å²) in [6.45, 7) is 13.0. The number of rotatable bonds is 9. The van der Waals surface area contributed by atoms with E-state index in [1.165, 1.54) is 34.2 Å². The largest absolute Gasteiger partial charge is 0.493 e. The van der Waals surface area contributed by atoms with Crippen LogP contribution in [0.4, 0.5) is 11.4 Å². The number of hydrogen-bond acceptors (Lipinski definition) is 4. The molecule has 0 spiro atoms. The van der Waals surface area contributed by atoms with Gasteiger partial charge < -0.3 is 20.5 Å². The maximum absolute atomic E-state index is 5.80. The second kappa shape index (κ2) is 20.3. The molecular formula is C38H48N2O2. The highest BCUT2D eigenvalue weighted by atomic mass is 16.5. The molecule has 0 heterocycles. The Hall–Kier alpha value is -4.62. The predicted molar refractivity (Wildman–Crippen MR) is 183 cm³/mol. The molecule has 0 aromatic heterocycles. The minimum atomic E-state index is 0.722. The monoisotopic (exact) mass is 564 g/mol. The molecule has 0 atom stereocenters. The normalized spacial score (nSPS) is 9.43. The van der Waals surface area contributed by atoms with E-state index in [4.69, 9.17) is 15.2 Å². The van der Waals surface area contributed by atoms with Crippen LogP contribution in [0.2, 0.25) is 0 Å². The molecule has 0 unspecified atom stereocenters. The molecule has 42 heavy (non-hydrogen) atoms. The van der Waals surface area contributed by atoms with Gasteiger partial charge in [-0.15, -0.1) is 12.8 Å². The van der Waals surface area contributed by atoms with Crippen LogP contribution >= 0.6 is 0 Å². The van der Waals surface area contributed by atoms with Gasteiger partial charge in [0.25, 0.3) is 0 Å². The quantitative estimate of drug-likeness (QED) is 0.157. The number of methoxy groups -OCH3 is 2. The van der Waals surface area contributed by atoms with E-state index in [9.17, 15) is 0 Å². The Morgan fingerprint density at radius 1 is 0.762 bits per heavy atom. The van der Waals surface area contributed by atoms with E-state index in [1.54, 1.807) is 14.2 Å². The van der Waals surface area contributed by atoms with Gasteiger partial charge in [-0.3, -0.25) is 0 Å². The average molecular weight is 565 g/mol. The van der Waals surface area contributed by atoms with Gasteiger partial charge in [-0.05, 0) is 72.7 Å². The molecule has 0 bridgehead atoms. The number of aryl methyl sites for hydroxylation is 3. The van der Waals surface area contributed by atoms with Gasteiger partial charge in [0.15, 0.2) is 11.5 Å². The van der Waals surface area contributed by atoms with Crippen LogP contribution in [0.15, 0.2) is 97.6 Å². The first-order chi connectivity index (χ1) is 20.3. The standard InChI is InChI=1S/C18H21NO2.C15H17N.C3H8.C2H2/c1-13(2)15-7-5-14(6-8-15)12-19-16-9-10-17(20-3)18(11-16)21-4;1-12-11-14(9-10-15(12)16)8-7-13-5-3-2-4-6-13;1-3-2;1-2/h5-11,19H,1,12H2,2-4H3;2-6,9-11H,7-8,16H2,1H3;3H2,1-2H3;1-2H. The molecule has 4 nitrogen and oxygen atoms in total. The lowest BCUT2D eigenvalue weighted by molar-refractivity contribution is 0.355. The van der Waals surface area contributed by atoms with Gasteiger partial charge in [-0.1, -0.05) is 99.2 Å². The summed E-state index contributed by atoms with van der Waals surface area (Å²) in [7, 11) is 3.27. The van der Waals surface area contributed by atoms with Crippen LogP contribution in [0.1, 0.15) is 55.0 Å². The highest BCUT2D eigenvalue weighted by Crippen LogP contribution is 2.30. The van der Waals surface area contributed by atoms with E-state index >= 15 is 0 Å². The first-order valence-electron chi connectivity index (χ1n) is 14.2. The fraction of sp³-hybridized carbons (Fsp3) is 0.263. The molecule has 4 heteroatoms. The third-order valence-electron chi connectivity index (χ3n) is 6.21. The molecule has 4 aromatic rings. The Bertz CT molecular complexity index is 1340. The second-order valence-corrected chi connectivity index (χ2v) is 9.78. The number of terminal acetylenes is 1. The number of nitrogens with two attached hydrogens (primary N) is 1. The van der Waals surface area contributed by atoms with Crippen molar-refractivity contribution >= 4 is 16.9 Å². The Morgan fingerprint density at radius 3 is 1.88 bits per heavy atom. The van der Waals surface area contributed by atoms with Gasteiger partial charge in [0.05, 0.1) is 14.2 Å². The minimum Gasteiger partial charge on any atom is -0.493 e. The van der Waals surface area contributed by atoms with Crippen molar-refractivity contribution in [2.45, 2.75) is 53.5 Å². The van der Waals surface area contributed by atoms with Crippen LogP contribution in [-0.4, -0.2) is 14.2 Å². The zero-order valence-electron chi connectivity index (χ0n) is 26.2. The van der Waals surface area contributed by atoms with Crippen molar-refractivity contribution in [3.05, 3.63) is 125 Å². The van der Waals surface area contributed by atoms with Gasteiger partial charge in [0.2, 0.25) is 0 Å². The second-order valence-electron chi connectivity index (χ2n) is 9.78. The molecule has 0 radical (unpaired) electrons. The summed E-state index contributed by atoms with van der Waals surface area (Å²) >= 11 is 0. The summed E-state index contributed by atoms with van der Waals surface area (Å²) in [5.41, 5.74) is 15.1. The van der Waals surface area contributed by atoms with Crippen LogP contribution in [0.3, 0.4) is 0 Å². The lowest BCUT2D eigenvalue weighted by Crippen LogP contribution is -2.00. The first-order valence-corrected chi connectivity index (χ1v) is 14.2. The van der Waals surface area contributed by atoms with E-state index < -0.39 is 0 Å². The molecule has 0 aliphatic heterocycles. The lowest BCUT2D eigenvalue weighted by Gasteiger charge is -2.11. The Morgan fingerprint density at radius 2 is 1.33 bits per heavy atom. The fourth-order valence-corrected chi connectivity index (χ4v) is 3.88. The van der Waals surface area contributed by atoms with Crippen molar-refractivity contribution in [2.75, 3.05) is 25.3 Å². The van der Waals surface area contributed by atoms with Crippen molar-refractivity contribution in [3.63, 3.8) is 0 Å². The lowest BCUT2D eigenvalue weighted by atomic mass is 10.0. The number of allylic oxidation sites excluding steroid dienone is 1. The Labute approximate surface area is 254 Å². The number of hydrogen-bond donors (Lipinski definition) is 2. The van der Waals surface area contributed by atoms with Gasteiger partial charge >= 0.3 is 0 Å². The van der Waals surface area contributed by atoms with Crippen molar-refractivity contribution in [1.29, 1.82) is 0 Å². The van der Waals surface area contributed by atoms with Crippen molar-refractivity contribution in [1.82, 2.24) is 0 Å².